The third-order valence-corrected chi connectivity index (χ3v) is 5.77. The van der Waals surface area contributed by atoms with E-state index in [2.05, 4.69) is 19.6 Å². The Kier molecular flexibility index (Phi) is 6.09. The highest BCUT2D eigenvalue weighted by atomic mass is 16.5. The Morgan fingerprint density at radius 3 is 2.64 bits per heavy atom. The first-order valence-corrected chi connectivity index (χ1v) is 9.00. The van der Waals surface area contributed by atoms with E-state index in [1.165, 1.54) is 14.0 Å². The lowest BCUT2D eigenvalue weighted by molar-refractivity contribution is -0.154. The van der Waals surface area contributed by atoms with Gasteiger partial charge in [-0.05, 0) is 63.4 Å². The molecule has 5 nitrogen and oxygen atoms in total. The molecule has 0 saturated heterocycles. The predicted molar refractivity (Wildman–Crippen MR) is 94.8 cm³/mol. The summed E-state index contributed by atoms with van der Waals surface area (Å²) in [6.45, 7) is 12.2. The smallest absolute Gasteiger partial charge is 0.333 e. The average molecular weight is 350 g/mol. The van der Waals surface area contributed by atoms with E-state index < -0.39 is 0 Å². The number of hydrogen-bond donors (Lipinski definition) is 0. The highest BCUT2D eigenvalue weighted by Gasteiger charge is 2.50. The number of carbonyl (C=O) groups excluding carboxylic acids is 2. The van der Waals surface area contributed by atoms with E-state index >= 15 is 0 Å². The van der Waals surface area contributed by atoms with Gasteiger partial charge in [-0.15, -0.1) is 0 Å². The molecule has 140 valence electrons. The van der Waals surface area contributed by atoms with Crippen LogP contribution in [-0.4, -0.2) is 37.4 Å². The molecular formula is C20H30O5. The molecule has 2 rings (SSSR count). The first-order valence-electron chi connectivity index (χ1n) is 9.00. The van der Waals surface area contributed by atoms with Crippen molar-refractivity contribution in [3.63, 3.8) is 0 Å². The normalized spacial score (nSPS) is 34.5. The van der Waals surface area contributed by atoms with Crippen molar-refractivity contribution in [2.45, 2.75) is 58.7 Å². The molecule has 0 radical (unpaired) electrons. The number of fused-ring (bicyclic) bond motifs is 1. The quantitative estimate of drug-likeness (QED) is 0.432. The zero-order valence-corrected chi connectivity index (χ0v) is 16.0. The lowest BCUT2D eigenvalue weighted by Crippen LogP contribution is -2.51. The number of esters is 2. The standard InChI is InChI=1S/C20H30O5/c1-7-24-20(5)9-8-15(13(3)19(22)23-6)16-10-12(2)18(11-17(16)20)25-14(4)21/h10,15-18H,3,7-9,11H2,1-2,4-6H3/t15-,16+,17+,18-,20+/m0/s1. The Hall–Kier alpha value is -1.62. The van der Waals surface area contributed by atoms with Gasteiger partial charge in [0, 0.05) is 19.1 Å². The van der Waals surface area contributed by atoms with Crippen molar-refractivity contribution in [1.82, 2.24) is 0 Å². The number of allylic oxidation sites excluding steroid dienone is 1. The van der Waals surface area contributed by atoms with Crippen molar-refractivity contribution in [3.05, 3.63) is 23.8 Å². The number of methoxy groups -OCH3 is 1. The van der Waals surface area contributed by atoms with Crippen LogP contribution in [0.25, 0.3) is 0 Å². The van der Waals surface area contributed by atoms with E-state index in [0.29, 0.717) is 18.6 Å². The Labute approximate surface area is 150 Å². The van der Waals surface area contributed by atoms with Gasteiger partial charge in [0.15, 0.2) is 0 Å². The van der Waals surface area contributed by atoms with Gasteiger partial charge in [-0.2, -0.15) is 0 Å². The van der Waals surface area contributed by atoms with E-state index in [-0.39, 0.29) is 41.4 Å². The van der Waals surface area contributed by atoms with Crippen LogP contribution in [0.15, 0.2) is 23.8 Å². The van der Waals surface area contributed by atoms with Crippen molar-refractivity contribution >= 4 is 11.9 Å². The number of ether oxygens (including phenoxy) is 3. The first-order chi connectivity index (χ1) is 11.7. The van der Waals surface area contributed by atoms with E-state index in [1.807, 2.05) is 13.8 Å². The summed E-state index contributed by atoms with van der Waals surface area (Å²) in [5.74, 6) is -0.318. The van der Waals surface area contributed by atoms with Crippen LogP contribution in [0.2, 0.25) is 0 Å². The summed E-state index contributed by atoms with van der Waals surface area (Å²) in [6, 6.07) is 0. The minimum Gasteiger partial charge on any atom is -0.466 e. The summed E-state index contributed by atoms with van der Waals surface area (Å²) in [5.41, 5.74) is 1.24. The molecule has 1 saturated carbocycles. The second-order valence-electron chi connectivity index (χ2n) is 7.34. The molecule has 2 aliphatic rings. The maximum atomic E-state index is 12.0. The molecule has 0 aliphatic heterocycles. The summed E-state index contributed by atoms with van der Waals surface area (Å²) in [6.07, 6.45) is 4.28. The molecule has 0 N–H and O–H groups in total. The van der Waals surface area contributed by atoms with E-state index in [1.54, 1.807) is 0 Å². The van der Waals surface area contributed by atoms with Crippen LogP contribution in [-0.2, 0) is 23.8 Å². The predicted octanol–water partition coefficient (Wildman–Crippen LogP) is 3.43. The second kappa shape index (κ2) is 7.73. The van der Waals surface area contributed by atoms with Gasteiger partial charge in [0.05, 0.1) is 12.7 Å². The molecule has 1 fully saturated rings. The molecule has 0 aromatic heterocycles. The number of rotatable bonds is 5. The van der Waals surface area contributed by atoms with Crippen molar-refractivity contribution in [2.24, 2.45) is 17.8 Å². The van der Waals surface area contributed by atoms with Crippen LogP contribution in [0, 0.1) is 17.8 Å². The minimum atomic E-state index is -0.350. The van der Waals surface area contributed by atoms with Crippen LogP contribution in [0.4, 0.5) is 0 Å². The molecule has 25 heavy (non-hydrogen) atoms. The fourth-order valence-electron chi connectivity index (χ4n) is 4.51. The topological polar surface area (TPSA) is 61.8 Å². The Morgan fingerprint density at radius 2 is 2.08 bits per heavy atom. The van der Waals surface area contributed by atoms with Crippen LogP contribution in [0.5, 0.6) is 0 Å². The molecule has 0 unspecified atom stereocenters. The molecular weight excluding hydrogens is 320 g/mol. The molecule has 0 spiro atoms. The van der Waals surface area contributed by atoms with Crippen molar-refractivity contribution in [3.8, 4) is 0 Å². The zero-order chi connectivity index (χ0) is 18.8. The van der Waals surface area contributed by atoms with E-state index in [0.717, 1.165) is 18.4 Å². The Balaban J connectivity index is 2.37. The fraction of sp³-hybridized carbons (Fsp3) is 0.700. The first kappa shape index (κ1) is 19.7. The average Bonchev–Trinajstić information content (AvgIpc) is 2.55. The highest BCUT2D eigenvalue weighted by molar-refractivity contribution is 5.88. The zero-order valence-electron chi connectivity index (χ0n) is 16.0. The van der Waals surface area contributed by atoms with Crippen molar-refractivity contribution in [2.75, 3.05) is 13.7 Å². The molecule has 0 bridgehead atoms. The summed E-state index contributed by atoms with van der Waals surface area (Å²) in [7, 11) is 1.39. The van der Waals surface area contributed by atoms with Gasteiger partial charge in [-0.25, -0.2) is 4.79 Å². The molecule has 2 aliphatic carbocycles. The highest BCUT2D eigenvalue weighted by Crippen LogP contribution is 2.51. The SMILES string of the molecule is C=C(C(=O)OC)[C@@H]1CC[C@@](C)(OCC)[C@@H]2C[C@H](OC(C)=O)C(C)=C[C@@H]21. The Morgan fingerprint density at radius 1 is 1.40 bits per heavy atom. The van der Waals surface area contributed by atoms with Crippen LogP contribution in [0.3, 0.4) is 0 Å². The third-order valence-electron chi connectivity index (χ3n) is 5.77. The summed E-state index contributed by atoms with van der Waals surface area (Å²) in [5, 5.41) is 0. The summed E-state index contributed by atoms with van der Waals surface area (Å²) in [4.78, 5) is 23.5. The number of hydrogen-bond acceptors (Lipinski definition) is 5. The molecule has 5 heteroatoms. The van der Waals surface area contributed by atoms with Gasteiger partial charge in [0.1, 0.15) is 6.10 Å². The molecule has 0 aromatic rings. The van der Waals surface area contributed by atoms with Gasteiger partial charge in [0.2, 0.25) is 0 Å². The maximum absolute atomic E-state index is 12.0. The molecule has 0 amide bonds. The molecule has 0 aromatic carbocycles. The van der Waals surface area contributed by atoms with Crippen LogP contribution < -0.4 is 0 Å². The largest absolute Gasteiger partial charge is 0.466 e. The number of carbonyl (C=O) groups is 2. The summed E-state index contributed by atoms with van der Waals surface area (Å²) >= 11 is 0. The van der Waals surface area contributed by atoms with Crippen LogP contribution >= 0.6 is 0 Å². The van der Waals surface area contributed by atoms with Gasteiger partial charge in [-0.1, -0.05) is 12.7 Å². The minimum absolute atomic E-state index is 0.0270. The fourth-order valence-corrected chi connectivity index (χ4v) is 4.51. The second-order valence-corrected chi connectivity index (χ2v) is 7.34. The maximum Gasteiger partial charge on any atom is 0.333 e. The summed E-state index contributed by atoms with van der Waals surface area (Å²) < 4.78 is 16.5. The van der Waals surface area contributed by atoms with Crippen LogP contribution in [0.1, 0.15) is 47.0 Å². The van der Waals surface area contributed by atoms with E-state index in [4.69, 9.17) is 14.2 Å². The van der Waals surface area contributed by atoms with Gasteiger partial charge in [0.25, 0.3) is 0 Å². The van der Waals surface area contributed by atoms with Gasteiger partial charge in [-0.3, -0.25) is 4.79 Å². The lowest BCUT2D eigenvalue weighted by atomic mass is 9.58. The Bertz CT molecular complexity index is 579. The van der Waals surface area contributed by atoms with Crippen molar-refractivity contribution in [1.29, 1.82) is 0 Å². The van der Waals surface area contributed by atoms with Crippen molar-refractivity contribution < 1.29 is 23.8 Å². The van der Waals surface area contributed by atoms with Gasteiger partial charge >= 0.3 is 11.9 Å². The lowest BCUT2D eigenvalue weighted by Gasteiger charge is -2.51. The third kappa shape index (κ3) is 3.97. The monoisotopic (exact) mass is 350 g/mol. The molecule has 5 atom stereocenters. The van der Waals surface area contributed by atoms with Gasteiger partial charge < -0.3 is 14.2 Å². The van der Waals surface area contributed by atoms with E-state index in [9.17, 15) is 9.59 Å². The molecule has 0 heterocycles.